The van der Waals surface area contributed by atoms with Gasteiger partial charge in [-0.25, -0.2) is 4.99 Å². The van der Waals surface area contributed by atoms with Crippen molar-refractivity contribution in [1.82, 2.24) is 15.1 Å². The van der Waals surface area contributed by atoms with E-state index in [0.717, 1.165) is 25.3 Å². The van der Waals surface area contributed by atoms with Crippen LogP contribution in [-0.2, 0) is 11.0 Å². The fourth-order valence-corrected chi connectivity index (χ4v) is 3.97. The molecule has 2 fully saturated rings. The number of hydrogen-bond donors (Lipinski definition) is 1. The number of carbonyl (C=O) groups is 1. The molecule has 1 aliphatic carbocycles. The van der Waals surface area contributed by atoms with Gasteiger partial charge in [-0.1, -0.05) is 31.0 Å². The Morgan fingerprint density at radius 1 is 1.24 bits per heavy atom. The number of aliphatic imine (C=N–C) groups is 1. The van der Waals surface area contributed by atoms with Gasteiger partial charge >= 0.3 is 6.18 Å². The molecule has 1 heterocycles. The molecule has 5 nitrogen and oxygen atoms in total. The minimum Gasteiger partial charge on any atom is -0.353 e. The van der Waals surface area contributed by atoms with Crippen LogP contribution in [0.15, 0.2) is 29.3 Å². The number of amides is 1. The molecule has 160 valence electrons. The molecular weight excluding hydrogens is 381 g/mol. The topological polar surface area (TPSA) is 47.9 Å². The number of nitrogens with one attached hydrogen (secondary N) is 1. The van der Waals surface area contributed by atoms with Crippen LogP contribution in [0.3, 0.4) is 0 Å². The van der Waals surface area contributed by atoms with Crippen molar-refractivity contribution in [2.45, 2.75) is 50.2 Å². The second kappa shape index (κ2) is 9.05. The van der Waals surface area contributed by atoms with E-state index in [1.807, 2.05) is 0 Å². The molecule has 0 bridgehead atoms. The molecule has 1 aromatic rings. The summed E-state index contributed by atoms with van der Waals surface area (Å²) in [6.45, 7) is 1.36. The Labute approximate surface area is 170 Å². The molecule has 1 aliphatic heterocycles. The Kier molecular flexibility index (Phi) is 6.70. The third kappa shape index (κ3) is 5.64. The monoisotopic (exact) mass is 410 g/mol. The molecule has 1 aromatic carbocycles. The molecule has 1 amide bonds. The molecule has 1 unspecified atom stereocenters. The predicted molar refractivity (Wildman–Crippen MR) is 107 cm³/mol. The first kappa shape index (κ1) is 21.5. The zero-order valence-electron chi connectivity index (χ0n) is 17.0. The molecule has 0 spiro atoms. The standard InChI is InChI=1S/C21H29F3N4O/c1-27(2)19(29)13-25-20(26-18-8-3-4-9-18)28-11-10-16(14-28)15-6-5-7-17(12-15)21(22,23)24/h5-7,12,16,18H,3-4,8-11,13-14H2,1-2H3,(H,25,26). The van der Waals surface area contributed by atoms with E-state index in [1.54, 1.807) is 20.2 Å². The lowest BCUT2D eigenvalue weighted by Crippen LogP contribution is -2.45. The third-order valence-electron chi connectivity index (χ3n) is 5.72. The molecule has 3 rings (SSSR count). The Hall–Kier alpha value is -2.25. The second-order valence-electron chi connectivity index (χ2n) is 8.11. The lowest BCUT2D eigenvalue weighted by Gasteiger charge is -2.25. The summed E-state index contributed by atoms with van der Waals surface area (Å²) in [5.41, 5.74) is 0.0925. The SMILES string of the molecule is CN(C)C(=O)CN=C(NC1CCCC1)N1CCC(c2cccc(C(F)(F)F)c2)C1. The molecular formula is C21H29F3N4O. The van der Waals surface area contributed by atoms with Crippen LogP contribution < -0.4 is 5.32 Å². The summed E-state index contributed by atoms with van der Waals surface area (Å²) in [4.78, 5) is 20.1. The van der Waals surface area contributed by atoms with Crippen LogP contribution in [-0.4, -0.2) is 61.4 Å². The molecule has 1 saturated carbocycles. The fraction of sp³-hybridized carbons (Fsp3) is 0.619. The maximum Gasteiger partial charge on any atom is 0.416 e. The van der Waals surface area contributed by atoms with Crippen molar-refractivity contribution in [3.05, 3.63) is 35.4 Å². The fourth-order valence-electron chi connectivity index (χ4n) is 3.97. The van der Waals surface area contributed by atoms with Crippen LogP contribution in [0.1, 0.15) is 49.1 Å². The number of nitrogens with zero attached hydrogens (tertiary/aromatic N) is 3. The van der Waals surface area contributed by atoms with Gasteiger partial charge in [-0.3, -0.25) is 4.79 Å². The normalized spacial score (nSPS) is 20.9. The molecule has 0 aromatic heterocycles. The van der Waals surface area contributed by atoms with E-state index in [9.17, 15) is 18.0 Å². The van der Waals surface area contributed by atoms with Crippen LogP contribution in [0, 0.1) is 0 Å². The van der Waals surface area contributed by atoms with Gasteiger partial charge in [-0.15, -0.1) is 0 Å². The van der Waals surface area contributed by atoms with E-state index >= 15 is 0 Å². The van der Waals surface area contributed by atoms with Crippen molar-refractivity contribution in [2.75, 3.05) is 33.7 Å². The lowest BCUT2D eigenvalue weighted by molar-refractivity contribution is -0.137. The predicted octanol–water partition coefficient (Wildman–Crippen LogP) is 3.47. The highest BCUT2D eigenvalue weighted by atomic mass is 19.4. The molecule has 1 N–H and O–H groups in total. The van der Waals surface area contributed by atoms with Gasteiger partial charge in [0.05, 0.1) is 5.56 Å². The Balaban J connectivity index is 1.72. The van der Waals surface area contributed by atoms with Crippen molar-refractivity contribution in [3.63, 3.8) is 0 Å². The summed E-state index contributed by atoms with van der Waals surface area (Å²) in [5, 5.41) is 3.49. The van der Waals surface area contributed by atoms with Crippen molar-refractivity contribution >= 4 is 11.9 Å². The number of carbonyl (C=O) groups excluding carboxylic acids is 1. The number of likely N-dealkylation sites (tertiary alicyclic amines) is 1. The van der Waals surface area contributed by atoms with Crippen LogP contribution >= 0.6 is 0 Å². The summed E-state index contributed by atoms with van der Waals surface area (Å²) in [7, 11) is 3.39. The van der Waals surface area contributed by atoms with Crippen molar-refractivity contribution in [2.24, 2.45) is 4.99 Å². The van der Waals surface area contributed by atoms with Gasteiger partial charge in [-0.05, 0) is 30.9 Å². The number of likely N-dealkylation sites (N-methyl/N-ethyl adjacent to an activating group) is 1. The smallest absolute Gasteiger partial charge is 0.353 e. The van der Waals surface area contributed by atoms with Gasteiger partial charge in [0.25, 0.3) is 0 Å². The Morgan fingerprint density at radius 2 is 1.97 bits per heavy atom. The Morgan fingerprint density at radius 3 is 2.62 bits per heavy atom. The van der Waals surface area contributed by atoms with Crippen molar-refractivity contribution in [1.29, 1.82) is 0 Å². The highest BCUT2D eigenvalue weighted by molar-refractivity contribution is 5.85. The zero-order chi connectivity index (χ0) is 21.0. The van der Waals surface area contributed by atoms with E-state index < -0.39 is 11.7 Å². The summed E-state index contributed by atoms with van der Waals surface area (Å²) in [6.07, 6.45) is 0.922. The first-order chi connectivity index (χ1) is 13.7. The van der Waals surface area contributed by atoms with E-state index in [0.29, 0.717) is 30.7 Å². The number of guanidine groups is 1. The number of halogens is 3. The van der Waals surface area contributed by atoms with Gasteiger partial charge in [0.1, 0.15) is 6.54 Å². The van der Waals surface area contributed by atoms with Gasteiger partial charge < -0.3 is 15.1 Å². The van der Waals surface area contributed by atoms with E-state index in [4.69, 9.17) is 0 Å². The quantitative estimate of drug-likeness (QED) is 0.611. The summed E-state index contributed by atoms with van der Waals surface area (Å²) < 4.78 is 39.2. The van der Waals surface area contributed by atoms with Crippen molar-refractivity contribution < 1.29 is 18.0 Å². The Bertz CT molecular complexity index is 742. The maximum atomic E-state index is 13.1. The highest BCUT2D eigenvalue weighted by Crippen LogP contribution is 2.34. The van der Waals surface area contributed by atoms with E-state index in [-0.39, 0.29) is 18.4 Å². The number of alkyl halides is 3. The van der Waals surface area contributed by atoms with Crippen LogP contribution in [0.5, 0.6) is 0 Å². The minimum atomic E-state index is -4.34. The maximum absolute atomic E-state index is 13.1. The number of rotatable bonds is 4. The van der Waals surface area contributed by atoms with Crippen LogP contribution in [0.2, 0.25) is 0 Å². The minimum absolute atomic E-state index is 0.0115. The molecule has 29 heavy (non-hydrogen) atoms. The third-order valence-corrected chi connectivity index (χ3v) is 5.72. The first-order valence-corrected chi connectivity index (χ1v) is 10.2. The largest absolute Gasteiger partial charge is 0.416 e. The molecule has 1 atom stereocenters. The van der Waals surface area contributed by atoms with Gasteiger partial charge in [0.15, 0.2) is 5.96 Å². The molecule has 2 aliphatic rings. The molecule has 0 radical (unpaired) electrons. The zero-order valence-corrected chi connectivity index (χ0v) is 17.0. The summed E-state index contributed by atoms with van der Waals surface area (Å²) in [5.74, 6) is 0.628. The molecule has 8 heteroatoms. The van der Waals surface area contributed by atoms with E-state index in [2.05, 4.69) is 15.2 Å². The lowest BCUT2D eigenvalue weighted by atomic mass is 9.96. The van der Waals surface area contributed by atoms with Gasteiger partial charge in [-0.2, -0.15) is 13.2 Å². The van der Waals surface area contributed by atoms with Crippen LogP contribution in [0.4, 0.5) is 13.2 Å². The van der Waals surface area contributed by atoms with Crippen molar-refractivity contribution in [3.8, 4) is 0 Å². The second-order valence-corrected chi connectivity index (χ2v) is 8.11. The van der Waals surface area contributed by atoms with Gasteiger partial charge in [0.2, 0.25) is 5.91 Å². The number of benzene rings is 1. The number of hydrogen-bond acceptors (Lipinski definition) is 2. The summed E-state index contributed by atoms with van der Waals surface area (Å²) >= 11 is 0. The average molecular weight is 410 g/mol. The van der Waals surface area contributed by atoms with E-state index in [1.165, 1.54) is 29.9 Å². The summed E-state index contributed by atoms with van der Waals surface area (Å²) in [6, 6.07) is 5.95. The average Bonchev–Trinajstić information content (AvgIpc) is 3.36. The van der Waals surface area contributed by atoms with Crippen LogP contribution in [0.25, 0.3) is 0 Å². The molecule has 1 saturated heterocycles. The highest BCUT2D eigenvalue weighted by Gasteiger charge is 2.33. The first-order valence-electron chi connectivity index (χ1n) is 10.2. The van der Waals surface area contributed by atoms with Gasteiger partial charge in [0, 0.05) is 39.1 Å².